The average molecular weight is 366 g/mol. The van der Waals surface area contributed by atoms with Gasteiger partial charge in [0.15, 0.2) is 0 Å². The Morgan fingerprint density at radius 2 is 1.08 bits per heavy atom. The fourth-order valence-corrected chi connectivity index (χ4v) is 4.42. The first kappa shape index (κ1) is 18.3. The molecule has 0 saturated heterocycles. The first-order valence-electron chi connectivity index (χ1n) is 8.87. The van der Waals surface area contributed by atoms with Crippen LogP contribution in [-0.4, -0.2) is 0 Å². The van der Waals surface area contributed by atoms with E-state index in [1.165, 1.54) is 0 Å². The second-order valence-electron chi connectivity index (χ2n) is 5.94. The Kier molecular flexibility index (Phi) is 5.80. The van der Waals surface area contributed by atoms with Crippen LogP contribution < -0.4 is 14.4 Å². The Balaban J connectivity index is 2.04. The molecule has 0 N–H and O–H groups in total. The molecule has 3 nitrogen and oxygen atoms in total. The number of hydrogen-bond acceptors (Lipinski definition) is 3. The van der Waals surface area contributed by atoms with Crippen molar-refractivity contribution in [2.75, 3.05) is 0 Å². The van der Waals surface area contributed by atoms with Gasteiger partial charge in [0, 0.05) is 0 Å². The minimum absolute atomic E-state index is 0.539. The lowest BCUT2D eigenvalue weighted by molar-refractivity contribution is 0.396. The van der Waals surface area contributed by atoms with Crippen LogP contribution >= 0.6 is 7.60 Å². The number of aryl methyl sites for hydroxylation is 2. The summed E-state index contributed by atoms with van der Waals surface area (Å²) in [5.41, 5.74) is 1.99. The van der Waals surface area contributed by atoms with Crippen LogP contribution in [0.2, 0.25) is 0 Å². The number of hydrogen-bond donors (Lipinski definition) is 0. The molecule has 134 valence electrons. The summed E-state index contributed by atoms with van der Waals surface area (Å²) in [5, 5.41) is 0.539. The van der Waals surface area contributed by atoms with Crippen LogP contribution in [0, 0.1) is 0 Å². The summed E-state index contributed by atoms with van der Waals surface area (Å²) in [7, 11) is -3.60. The Morgan fingerprint density at radius 1 is 0.654 bits per heavy atom. The lowest BCUT2D eigenvalue weighted by Gasteiger charge is -2.22. The molecule has 3 rings (SSSR count). The molecule has 0 heterocycles. The molecule has 3 aromatic rings. The fourth-order valence-electron chi connectivity index (χ4n) is 2.76. The summed E-state index contributed by atoms with van der Waals surface area (Å²) in [6.07, 6.45) is 1.58. The van der Waals surface area contributed by atoms with Crippen molar-refractivity contribution in [2.24, 2.45) is 0 Å². The molecule has 0 spiro atoms. The van der Waals surface area contributed by atoms with E-state index in [9.17, 15) is 4.57 Å². The van der Waals surface area contributed by atoms with Crippen molar-refractivity contribution in [3.05, 3.63) is 90.0 Å². The molecule has 0 aromatic heterocycles. The average Bonchev–Trinajstić information content (AvgIpc) is 2.69. The molecule has 0 fully saturated rings. The van der Waals surface area contributed by atoms with E-state index >= 15 is 0 Å². The van der Waals surface area contributed by atoms with Gasteiger partial charge in [-0.3, -0.25) is 0 Å². The van der Waals surface area contributed by atoms with E-state index in [0.29, 0.717) is 16.8 Å². The number of para-hydroxylation sites is 2. The minimum Gasteiger partial charge on any atom is -0.413 e. The van der Waals surface area contributed by atoms with E-state index in [0.717, 1.165) is 24.0 Å². The standard InChI is InChI=1S/C22H23O3P/c1-3-18-12-8-10-16-21(18)24-26(23,20-14-6-5-7-15-20)25-22-17-11-9-13-19(22)4-2/h5-17H,3-4H2,1-2H3. The van der Waals surface area contributed by atoms with Gasteiger partial charge in [0.2, 0.25) is 0 Å². The molecule has 0 amide bonds. The zero-order chi connectivity index (χ0) is 18.4. The zero-order valence-electron chi connectivity index (χ0n) is 15.1. The van der Waals surface area contributed by atoms with E-state index < -0.39 is 7.60 Å². The van der Waals surface area contributed by atoms with Gasteiger partial charge >= 0.3 is 7.60 Å². The second kappa shape index (κ2) is 8.25. The van der Waals surface area contributed by atoms with Crippen LogP contribution in [0.25, 0.3) is 0 Å². The molecule has 0 aliphatic carbocycles. The Hall–Kier alpha value is -2.51. The normalized spacial score (nSPS) is 11.2. The lowest BCUT2D eigenvalue weighted by atomic mass is 10.1. The summed E-state index contributed by atoms with van der Waals surface area (Å²) in [6, 6.07) is 24.4. The minimum atomic E-state index is -3.60. The van der Waals surface area contributed by atoms with Gasteiger partial charge in [-0.15, -0.1) is 0 Å². The van der Waals surface area contributed by atoms with Crippen molar-refractivity contribution >= 4 is 12.9 Å². The van der Waals surface area contributed by atoms with Crippen molar-refractivity contribution in [2.45, 2.75) is 26.7 Å². The summed E-state index contributed by atoms with van der Waals surface area (Å²) in [6.45, 7) is 4.09. The molecule has 4 heteroatoms. The highest BCUT2D eigenvalue weighted by atomic mass is 31.2. The maximum atomic E-state index is 13.8. The number of benzene rings is 3. The molecule has 0 unspecified atom stereocenters. The SMILES string of the molecule is CCc1ccccc1OP(=O)(Oc1ccccc1CC)c1ccccc1. The quantitative estimate of drug-likeness (QED) is 0.497. The lowest BCUT2D eigenvalue weighted by Crippen LogP contribution is -2.15. The first-order chi connectivity index (χ1) is 12.7. The molecule has 0 atom stereocenters. The molecule has 0 aliphatic rings. The maximum absolute atomic E-state index is 13.8. The van der Waals surface area contributed by atoms with Gasteiger partial charge in [0.25, 0.3) is 0 Å². The highest BCUT2D eigenvalue weighted by Gasteiger charge is 2.32. The van der Waals surface area contributed by atoms with E-state index in [1.54, 1.807) is 12.1 Å². The second-order valence-corrected chi connectivity index (χ2v) is 7.81. The van der Waals surface area contributed by atoms with E-state index in [4.69, 9.17) is 9.05 Å². The van der Waals surface area contributed by atoms with Crippen LogP contribution in [0.15, 0.2) is 78.9 Å². The van der Waals surface area contributed by atoms with E-state index in [1.807, 2.05) is 80.6 Å². The van der Waals surface area contributed by atoms with Crippen LogP contribution in [0.1, 0.15) is 25.0 Å². The van der Waals surface area contributed by atoms with Crippen molar-refractivity contribution in [1.29, 1.82) is 0 Å². The molecule has 0 saturated carbocycles. The van der Waals surface area contributed by atoms with E-state index in [-0.39, 0.29) is 0 Å². The van der Waals surface area contributed by atoms with Crippen molar-refractivity contribution in [1.82, 2.24) is 0 Å². The van der Waals surface area contributed by atoms with E-state index in [2.05, 4.69) is 0 Å². The van der Waals surface area contributed by atoms with Gasteiger partial charge in [0.05, 0.1) is 5.30 Å². The topological polar surface area (TPSA) is 35.5 Å². The summed E-state index contributed by atoms with van der Waals surface area (Å²) in [5.74, 6) is 1.19. The molecule has 0 aliphatic heterocycles. The van der Waals surface area contributed by atoms with Crippen LogP contribution in [0.4, 0.5) is 0 Å². The summed E-state index contributed by atoms with van der Waals surface area (Å²) < 4.78 is 25.9. The molecule has 0 bridgehead atoms. The van der Waals surface area contributed by atoms with Crippen molar-refractivity contribution in [3.8, 4) is 11.5 Å². The third kappa shape index (κ3) is 4.00. The van der Waals surface area contributed by atoms with Gasteiger partial charge in [-0.1, -0.05) is 68.4 Å². The van der Waals surface area contributed by atoms with Gasteiger partial charge in [-0.05, 0) is 48.2 Å². The zero-order valence-corrected chi connectivity index (χ0v) is 16.0. The van der Waals surface area contributed by atoms with Gasteiger partial charge in [-0.25, -0.2) is 4.57 Å². The van der Waals surface area contributed by atoms with Crippen molar-refractivity contribution in [3.63, 3.8) is 0 Å². The summed E-state index contributed by atoms with van der Waals surface area (Å²) in [4.78, 5) is 0. The predicted octanol–water partition coefficient (Wildman–Crippen LogP) is 5.79. The number of rotatable bonds is 7. The third-order valence-electron chi connectivity index (χ3n) is 4.22. The monoisotopic (exact) mass is 366 g/mol. The Labute approximate surface area is 155 Å². The maximum Gasteiger partial charge on any atom is 0.462 e. The molecule has 0 radical (unpaired) electrons. The van der Waals surface area contributed by atoms with Gasteiger partial charge < -0.3 is 9.05 Å². The third-order valence-corrected chi connectivity index (χ3v) is 6.02. The van der Waals surface area contributed by atoms with Crippen molar-refractivity contribution < 1.29 is 13.6 Å². The fraction of sp³-hybridized carbons (Fsp3) is 0.182. The molecule has 26 heavy (non-hydrogen) atoms. The predicted molar refractivity (Wildman–Crippen MR) is 107 cm³/mol. The van der Waals surface area contributed by atoms with Crippen LogP contribution in [-0.2, 0) is 17.4 Å². The molecule has 3 aromatic carbocycles. The van der Waals surface area contributed by atoms with Crippen LogP contribution in [0.3, 0.4) is 0 Å². The molecular weight excluding hydrogens is 343 g/mol. The van der Waals surface area contributed by atoms with Gasteiger partial charge in [0.1, 0.15) is 11.5 Å². The Morgan fingerprint density at radius 3 is 1.54 bits per heavy atom. The summed E-state index contributed by atoms with van der Waals surface area (Å²) >= 11 is 0. The highest BCUT2D eigenvalue weighted by Crippen LogP contribution is 2.49. The smallest absolute Gasteiger partial charge is 0.413 e. The highest BCUT2D eigenvalue weighted by molar-refractivity contribution is 7.63. The van der Waals surface area contributed by atoms with Crippen LogP contribution in [0.5, 0.6) is 11.5 Å². The first-order valence-corrected chi connectivity index (χ1v) is 10.4. The Bertz CT molecular complexity index is 853. The molecular formula is C22H23O3P. The largest absolute Gasteiger partial charge is 0.462 e. The van der Waals surface area contributed by atoms with Gasteiger partial charge in [-0.2, -0.15) is 0 Å².